The predicted molar refractivity (Wildman–Crippen MR) is 149 cm³/mol. The number of carbonyl (C=O) groups is 3. The highest BCUT2D eigenvalue weighted by molar-refractivity contribution is 8.00. The summed E-state index contributed by atoms with van der Waals surface area (Å²) in [6, 6.07) is 29.9. The average molecular weight is 527 g/mol. The van der Waals surface area contributed by atoms with Crippen LogP contribution in [0.3, 0.4) is 0 Å². The zero-order valence-electron chi connectivity index (χ0n) is 20.6. The largest absolute Gasteiger partial charge is 0.492 e. The molecule has 0 radical (unpaired) electrons. The summed E-state index contributed by atoms with van der Waals surface area (Å²) in [6.45, 7) is 2.37. The van der Waals surface area contributed by atoms with Gasteiger partial charge in [-0.3, -0.25) is 9.59 Å². The molecule has 4 rings (SSSR count). The third-order valence-corrected chi connectivity index (χ3v) is 6.82. The van der Waals surface area contributed by atoms with Crippen LogP contribution in [0.15, 0.2) is 108 Å². The molecule has 0 aliphatic rings. The summed E-state index contributed by atoms with van der Waals surface area (Å²) < 4.78 is 5.65. The lowest BCUT2D eigenvalue weighted by Gasteiger charge is -2.19. The summed E-state index contributed by atoms with van der Waals surface area (Å²) in [7, 11) is 0. The van der Waals surface area contributed by atoms with Crippen LogP contribution in [0.4, 0.5) is 11.4 Å². The second-order valence-corrected chi connectivity index (χ2v) is 9.33. The first-order valence-electron chi connectivity index (χ1n) is 11.9. The lowest BCUT2D eigenvalue weighted by molar-refractivity contribution is -0.115. The van der Waals surface area contributed by atoms with Crippen LogP contribution in [-0.4, -0.2) is 29.5 Å². The zero-order valence-corrected chi connectivity index (χ0v) is 21.4. The molecule has 1 atom stereocenters. The van der Waals surface area contributed by atoms with Gasteiger partial charge in [-0.25, -0.2) is 4.79 Å². The number of aromatic carboxylic acids is 1. The number of amides is 2. The second-order valence-electron chi connectivity index (χ2n) is 8.16. The highest BCUT2D eigenvalue weighted by atomic mass is 32.2. The van der Waals surface area contributed by atoms with Crippen molar-refractivity contribution in [1.29, 1.82) is 0 Å². The van der Waals surface area contributed by atoms with Crippen molar-refractivity contribution in [3.05, 3.63) is 120 Å². The zero-order chi connectivity index (χ0) is 26.9. The summed E-state index contributed by atoms with van der Waals surface area (Å²) in [5.74, 6) is -1.28. The third kappa shape index (κ3) is 6.60. The normalized spacial score (nSPS) is 11.3. The van der Waals surface area contributed by atoms with E-state index in [0.29, 0.717) is 23.7 Å². The monoisotopic (exact) mass is 526 g/mol. The van der Waals surface area contributed by atoms with Gasteiger partial charge in [0.15, 0.2) is 0 Å². The van der Waals surface area contributed by atoms with Crippen molar-refractivity contribution in [2.24, 2.45) is 0 Å². The fraction of sp³-hybridized carbons (Fsp3) is 0.100. The van der Waals surface area contributed by atoms with Gasteiger partial charge >= 0.3 is 5.97 Å². The summed E-state index contributed by atoms with van der Waals surface area (Å²) in [5.41, 5.74) is 1.95. The molecule has 0 aliphatic heterocycles. The van der Waals surface area contributed by atoms with Crippen molar-refractivity contribution in [2.45, 2.75) is 17.1 Å². The number of anilines is 2. The molecule has 0 fully saturated rings. The summed E-state index contributed by atoms with van der Waals surface area (Å²) in [5, 5.41) is 14.5. The Morgan fingerprint density at radius 3 is 2.11 bits per heavy atom. The minimum Gasteiger partial charge on any atom is -0.492 e. The first-order chi connectivity index (χ1) is 18.5. The molecule has 2 amide bonds. The van der Waals surface area contributed by atoms with Gasteiger partial charge in [0.05, 0.1) is 23.4 Å². The van der Waals surface area contributed by atoms with Gasteiger partial charge in [0.2, 0.25) is 5.91 Å². The van der Waals surface area contributed by atoms with Gasteiger partial charge in [-0.05, 0) is 61.0 Å². The van der Waals surface area contributed by atoms with Gasteiger partial charge in [0, 0.05) is 10.6 Å². The predicted octanol–water partition coefficient (Wildman–Crippen LogP) is 6.51. The van der Waals surface area contributed by atoms with Crippen LogP contribution in [0.2, 0.25) is 0 Å². The second kappa shape index (κ2) is 12.6. The van der Waals surface area contributed by atoms with E-state index >= 15 is 0 Å². The summed E-state index contributed by atoms with van der Waals surface area (Å²) in [6.07, 6.45) is 0. The van der Waals surface area contributed by atoms with Crippen molar-refractivity contribution in [3.63, 3.8) is 0 Å². The molecular formula is C30H26N2O5S. The molecule has 0 heterocycles. The van der Waals surface area contributed by atoms with E-state index in [9.17, 15) is 19.5 Å². The van der Waals surface area contributed by atoms with Crippen molar-refractivity contribution >= 4 is 40.9 Å². The lowest BCUT2D eigenvalue weighted by atomic mass is 10.1. The number of para-hydroxylation sites is 2. The molecule has 38 heavy (non-hydrogen) atoms. The van der Waals surface area contributed by atoms with Crippen LogP contribution in [0, 0.1) is 0 Å². The van der Waals surface area contributed by atoms with Gasteiger partial charge in [0.25, 0.3) is 5.91 Å². The molecule has 7 nitrogen and oxygen atoms in total. The molecule has 0 saturated carbocycles. The van der Waals surface area contributed by atoms with Crippen LogP contribution >= 0.6 is 11.8 Å². The van der Waals surface area contributed by atoms with Crippen LogP contribution in [0.5, 0.6) is 5.75 Å². The van der Waals surface area contributed by atoms with E-state index in [2.05, 4.69) is 10.6 Å². The Labute approximate surface area is 224 Å². The molecule has 1 unspecified atom stereocenters. The molecule has 0 aliphatic carbocycles. The molecular weight excluding hydrogens is 500 g/mol. The Morgan fingerprint density at radius 1 is 0.789 bits per heavy atom. The lowest BCUT2D eigenvalue weighted by Crippen LogP contribution is -2.19. The highest BCUT2D eigenvalue weighted by Gasteiger charge is 2.23. The Kier molecular flexibility index (Phi) is 8.79. The summed E-state index contributed by atoms with van der Waals surface area (Å²) >= 11 is 1.38. The van der Waals surface area contributed by atoms with E-state index in [1.165, 1.54) is 23.9 Å². The van der Waals surface area contributed by atoms with E-state index < -0.39 is 17.1 Å². The number of benzene rings is 4. The molecule has 4 aromatic rings. The molecule has 0 spiro atoms. The maximum atomic E-state index is 13.4. The minimum absolute atomic E-state index is 0.0696. The first kappa shape index (κ1) is 26.5. The quantitative estimate of drug-likeness (QED) is 0.204. The van der Waals surface area contributed by atoms with Crippen molar-refractivity contribution in [3.8, 4) is 5.75 Å². The van der Waals surface area contributed by atoms with Gasteiger partial charge in [-0.2, -0.15) is 0 Å². The molecule has 192 valence electrons. The number of nitrogens with one attached hydrogen (secondary N) is 2. The standard InChI is InChI=1S/C30H26N2O5S/c1-2-37-26-15-9-8-14-25(26)32-29(34)27(20-10-4-3-5-11-20)38-22-18-16-21(17-19-22)31-28(33)23-12-6-7-13-24(23)30(35)36/h3-19,27H,2H2,1H3,(H,31,33)(H,32,34)(H,35,36). The third-order valence-electron chi connectivity index (χ3n) is 5.55. The molecule has 8 heteroatoms. The molecule has 4 aromatic carbocycles. The topological polar surface area (TPSA) is 105 Å². The SMILES string of the molecule is CCOc1ccccc1NC(=O)C(Sc1ccc(NC(=O)c2ccccc2C(=O)O)cc1)c1ccccc1. The van der Waals surface area contributed by atoms with Gasteiger partial charge in [-0.15, -0.1) is 11.8 Å². The number of thioether (sulfide) groups is 1. The summed E-state index contributed by atoms with van der Waals surface area (Å²) in [4.78, 5) is 38.4. The van der Waals surface area contributed by atoms with Crippen LogP contribution in [0.25, 0.3) is 0 Å². The average Bonchev–Trinajstić information content (AvgIpc) is 2.94. The molecule has 3 N–H and O–H groups in total. The van der Waals surface area contributed by atoms with Gasteiger partial charge < -0.3 is 20.5 Å². The van der Waals surface area contributed by atoms with Crippen molar-refractivity contribution in [1.82, 2.24) is 0 Å². The molecule has 0 saturated heterocycles. The maximum absolute atomic E-state index is 13.4. The van der Waals surface area contributed by atoms with E-state index in [4.69, 9.17) is 4.74 Å². The van der Waals surface area contributed by atoms with Gasteiger partial charge in [-0.1, -0.05) is 54.6 Å². The van der Waals surface area contributed by atoms with Crippen LogP contribution < -0.4 is 15.4 Å². The fourth-order valence-corrected chi connectivity index (χ4v) is 4.79. The Hall–Kier alpha value is -4.56. The number of ether oxygens (including phenoxy) is 1. The number of hydrogen-bond acceptors (Lipinski definition) is 5. The Bertz CT molecular complexity index is 1420. The van der Waals surface area contributed by atoms with Gasteiger partial charge in [0.1, 0.15) is 11.0 Å². The van der Waals surface area contributed by atoms with Crippen LogP contribution in [-0.2, 0) is 4.79 Å². The van der Waals surface area contributed by atoms with Crippen molar-refractivity contribution < 1.29 is 24.2 Å². The highest BCUT2D eigenvalue weighted by Crippen LogP contribution is 2.37. The maximum Gasteiger partial charge on any atom is 0.336 e. The number of hydrogen-bond donors (Lipinski definition) is 3. The van der Waals surface area contributed by atoms with E-state index in [0.717, 1.165) is 10.5 Å². The number of carboxylic acid groups (broad SMARTS) is 1. The van der Waals surface area contributed by atoms with Crippen molar-refractivity contribution in [2.75, 3.05) is 17.2 Å². The number of carboxylic acids is 1. The fourth-order valence-electron chi connectivity index (χ4n) is 3.77. The Morgan fingerprint density at radius 2 is 1.42 bits per heavy atom. The number of carbonyl (C=O) groups excluding carboxylic acids is 2. The molecule has 0 aromatic heterocycles. The Balaban J connectivity index is 1.51. The van der Waals surface area contributed by atoms with E-state index in [1.54, 1.807) is 42.5 Å². The minimum atomic E-state index is -1.17. The number of rotatable bonds is 10. The van der Waals surface area contributed by atoms with E-state index in [-0.39, 0.29) is 17.0 Å². The van der Waals surface area contributed by atoms with E-state index in [1.807, 2.05) is 55.5 Å². The van der Waals surface area contributed by atoms with Crippen LogP contribution in [0.1, 0.15) is 38.5 Å². The smallest absolute Gasteiger partial charge is 0.336 e. The molecule has 0 bridgehead atoms. The first-order valence-corrected chi connectivity index (χ1v) is 12.8.